The van der Waals surface area contributed by atoms with Crippen LogP contribution in [0.4, 0.5) is 0 Å². The van der Waals surface area contributed by atoms with Crippen LogP contribution < -0.4 is 30.5 Å². The third kappa shape index (κ3) is 5.97. The minimum atomic E-state index is -0.641. The van der Waals surface area contributed by atoms with Gasteiger partial charge >= 0.3 is 90.3 Å². The molecule has 0 bridgehead atoms. The Balaban J connectivity index is 0. The van der Waals surface area contributed by atoms with Crippen LogP contribution in [0.1, 0.15) is 24.1 Å². The van der Waals surface area contributed by atoms with Crippen molar-refractivity contribution in [1.29, 1.82) is 0 Å². The molecular weight excluding hydrogens is 340 g/mol. The van der Waals surface area contributed by atoms with E-state index in [2.05, 4.69) is 18.2 Å². The topological polar surface area (TPSA) is 35.2 Å². The van der Waals surface area contributed by atoms with E-state index in [-0.39, 0.29) is 30.9 Å². The molecule has 0 fully saturated rings. The van der Waals surface area contributed by atoms with Gasteiger partial charge in [-0.05, 0) is 0 Å². The molecule has 1 atom stereocenters. The van der Waals surface area contributed by atoms with Crippen LogP contribution >= 0.6 is 0 Å². The molecule has 2 nitrogen and oxygen atoms in total. The summed E-state index contributed by atoms with van der Waals surface area (Å²) in [5.41, 5.74) is 8.50. The van der Waals surface area contributed by atoms with Gasteiger partial charge in [0.15, 0.2) is 0 Å². The standard InChI is InChI=1S/C9H12N.CH3O.2ClH.Sn/c1-7-5-3-4-6-9(7)8(2)10;1-2;;;/h3-6,8H,1,10H2,2H3;1H3;2*1H;/q;-1;;;+3/p-2. The number of halogens is 2. The summed E-state index contributed by atoms with van der Waals surface area (Å²) in [7, 11) is 1.79. The average Bonchev–Trinajstić information content (AvgIpc) is 2.15. The molecular formula is C10H15Cl2NOSn. The molecule has 1 unspecified atom stereocenters. The third-order valence-corrected chi connectivity index (χ3v) is 4.28. The molecule has 0 amide bonds. The van der Waals surface area contributed by atoms with Crippen molar-refractivity contribution >= 4 is 21.6 Å². The van der Waals surface area contributed by atoms with Gasteiger partial charge in [-0.1, -0.05) is 0 Å². The first kappa shape index (κ1) is 17.9. The summed E-state index contributed by atoms with van der Waals surface area (Å²) in [5, 5.41) is 0. The van der Waals surface area contributed by atoms with Gasteiger partial charge in [0.25, 0.3) is 0 Å². The maximum Gasteiger partial charge on any atom is -1.00 e. The van der Waals surface area contributed by atoms with Crippen molar-refractivity contribution in [2.24, 2.45) is 5.73 Å². The zero-order valence-corrected chi connectivity index (χ0v) is 13.2. The summed E-state index contributed by atoms with van der Waals surface area (Å²) >= 11 is -0.641. The Morgan fingerprint density at radius 1 is 1.33 bits per heavy atom. The monoisotopic (exact) mass is 355 g/mol. The normalized spacial score (nSPS) is 10.6. The number of benzene rings is 1. The van der Waals surface area contributed by atoms with Crippen molar-refractivity contribution in [3.8, 4) is 0 Å². The third-order valence-electron chi connectivity index (χ3n) is 1.95. The number of nitrogens with two attached hydrogens (primary N) is 1. The fourth-order valence-corrected chi connectivity index (χ4v) is 3.06. The predicted octanol–water partition coefficient (Wildman–Crippen LogP) is -4.52. The van der Waals surface area contributed by atoms with Gasteiger partial charge in [-0.3, -0.25) is 0 Å². The van der Waals surface area contributed by atoms with E-state index in [9.17, 15) is 0 Å². The molecule has 0 aromatic heterocycles. The van der Waals surface area contributed by atoms with Crippen LogP contribution in [-0.2, 0) is 7.51 Å². The molecule has 84 valence electrons. The van der Waals surface area contributed by atoms with Gasteiger partial charge in [-0.15, -0.1) is 0 Å². The van der Waals surface area contributed by atoms with Crippen LogP contribution in [0.25, 0.3) is 0 Å². The summed E-state index contributed by atoms with van der Waals surface area (Å²) in [5.74, 6) is 0. The van der Waals surface area contributed by atoms with Crippen molar-refractivity contribution in [2.45, 2.75) is 17.4 Å². The maximum absolute atomic E-state index is 5.86. The molecule has 0 heterocycles. The van der Waals surface area contributed by atoms with Crippen LogP contribution in [-0.4, -0.2) is 28.7 Å². The van der Waals surface area contributed by atoms with E-state index < -0.39 is 21.6 Å². The zero-order valence-electron chi connectivity index (χ0n) is 8.84. The van der Waals surface area contributed by atoms with Crippen LogP contribution in [0.5, 0.6) is 0 Å². The smallest absolute Gasteiger partial charge is 1.00 e. The van der Waals surface area contributed by atoms with Gasteiger partial charge in [0, 0.05) is 0 Å². The fraction of sp³-hybridized carbons (Fsp3) is 0.400. The van der Waals surface area contributed by atoms with Crippen molar-refractivity contribution < 1.29 is 27.9 Å². The van der Waals surface area contributed by atoms with Gasteiger partial charge in [0.2, 0.25) is 0 Å². The summed E-state index contributed by atoms with van der Waals surface area (Å²) in [6.45, 7) is 2.02. The minimum Gasteiger partial charge on any atom is -1.00 e. The Labute approximate surface area is 115 Å². The Kier molecular flexibility index (Phi) is 11.6. The summed E-state index contributed by atoms with van der Waals surface area (Å²) < 4.78 is 6.32. The largest absolute Gasteiger partial charge is 1.00 e. The van der Waals surface area contributed by atoms with E-state index in [4.69, 9.17) is 8.81 Å². The number of rotatable bonds is 4. The second kappa shape index (κ2) is 9.72. The Bertz CT molecular complexity index is 271. The molecule has 1 aromatic carbocycles. The van der Waals surface area contributed by atoms with Crippen molar-refractivity contribution in [3.05, 3.63) is 35.4 Å². The Morgan fingerprint density at radius 2 is 1.93 bits per heavy atom. The molecule has 1 rings (SSSR count). The Morgan fingerprint density at radius 3 is 2.47 bits per heavy atom. The van der Waals surface area contributed by atoms with Crippen LogP contribution in [0.3, 0.4) is 0 Å². The summed E-state index contributed by atoms with van der Waals surface area (Å²) in [4.78, 5) is 0. The molecule has 2 N–H and O–H groups in total. The first-order chi connectivity index (χ1) is 6.25. The number of hydrogen-bond acceptors (Lipinski definition) is 2. The van der Waals surface area contributed by atoms with Crippen molar-refractivity contribution in [1.82, 2.24) is 0 Å². The van der Waals surface area contributed by atoms with Crippen LogP contribution in [0.15, 0.2) is 24.3 Å². The second-order valence-electron chi connectivity index (χ2n) is 3.01. The SMILES string of the molecule is C[O][Sn+2][CH2]c1ccccc1C(C)N.[Cl-].[Cl-]. The maximum atomic E-state index is 5.86. The van der Waals surface area contributed by atoms with E-state index in [0.717, 1.165) is 4.44 Å². The van der Waals surface area contributed by atoms with Gasteiger partial charge in [0.1, 0.15) is 0 Å². The summed E-state index contributed by atoms with van der Waals surface area (Å²) in [6, 6.07) is 8.50. The molecule has 15 heavy (non-hydrogen) atoms. The molecule has 0 aliphatic rings. The molecule has 0 spiro atoms. The van der Waals surface area contributed by atoms with Gasteiger partial charge in [0.05, 0.1) is 0 Å². The first-order valence-electron chi connectivity index (χ1n) is 4.35. The average molecular weight is 355 g/mol. The second-order valence-corrected chi connectivity index (χ2v) is 6.01. The fourth-order valence-electron chi connectivity index (χ4n) is 1.29. The van der Waals surface area contributed by atoms with E-state index in [1.54, 1.807) is 7.11 Å². The van der Waals surface area contributed by atoms with Gasteiger partial charge in [-0.2, -0.15) is 0 Å². The minimum absolute atomic E-state index is 0. The van der Waals surface area contributed by atoms with Crippen LogP contribution in [0, 0.1) is 0 Å². The van der Waals surface area contributed by atoms with Crippen molar-refractivity contribution in [2.75, 3.05) is 7.11 Å². The van der Waals surface area contributed by atoms with Gasteiger partial charge < -0.3 is 24.8 Å². The van der Waals surface area contributed by atoms with E-state index in [1.807, 2.05) is 13.0 Å². The van der Waals surface area contributed by atoms with Gasteiger partial charge in [-0.25, -0.2) is 0 Å². The van der Waals surface area contributed by atoms with E-state index in [1.165, 1.54) is 11.1 Å². The molecule has 5 heteroatoms. The number of hydrogen-bond donors (Lipinski definition) is 1. The van der Waals surface area contributed by atoms with Crippen molar-refractivity contribution in [3.63, 3.8) is 0 Å². The molecule has 0 saturated carbocycles. The molecule has 0 aliphatic carbocycles. The predicted molar refractivity (Wildman–Crippen MR) is 55.5 cm³/mol. The summed E-state index contributed by atoms with van der Waals surface area (Å²) in [6.07, 6.45) is 0. The molecule has 1 aromatic rings. The zero-order chi connectivity index (χ0) is 9.68. The molecule has 0 saturated heterocycles. The Hall–Kier alpha value is 0.519. The molecule has 0 radical (unpaired) electrons. The van der Waals surface area contributed by atoms with Crippen LogP contribution in [0.2, 0.25) is 0 Å². The first-order valence-corrected chi connectivity index (χ1v) is 7.53. The van der Waals surface area contributed by atoms with E-state index in [0.29, 0.717) is 0 Å². The van der Waals surface area contributed by atoms with E-state index >= 15 is 0 Å². The quantitative estimate of drug-likeness (QED) is 0.553. The molecule has 0 aliphatic heterocycles.